The van der Waals surface area contributed by atoms with E-state index in [0.717, 1.165) is 24.7 Å². The highest BCUT2D eigenvalue weighted by atomic mass is 19.4. The van der Waals surface area contributed by atoms with E-state index in [-0.39, 0.29) is 5.56 Å². The van der Waals surface area contributed by atoms with Gasteiger partial charge in [-0.05, 0) is 68.3 Å². The summed E-state index contributed by atoms with van der Waals surface area (Å²) < 4.78 is 39.5. The number of piperidine rings is 1. The lowest BCUT2D eigenvalue weighted by Gasteiger charge is -2.37. The minimum atomic E-state index is -4.56. The summed E-state index contributed by atoms with van der Waals surface area (Å²) in [7, 11) is 2.02. The van der Waals surface area contributed by atoms with Crippen LogP contribution in [0.1, 0.15) is 42.5 Å². The van der Waals surface area contributed by atoms with Crippen molar-refractivity contribution in [2.24, 2.45) is 0 Å². The van der Waals surface area contributed by atoms with Crippen LogP contribution in [0.5, 0.6) is 5.75 Å². The van der Waals surface area contributed by atoms with Crippen molar-refractivity contribution in [1.29, 1.82) is 0 Å². The van der Waals surface area contributed by atoms with E-state index >= 15 is 0 Å². The van der Waals surface area contributed by atoms with Gasteiger partial charge in [-0.1, -0.05) is 6.07 Å². The molecule has 1 aliphatic rings. The Labute approximate surface area is 183 Å². The molecule has 0 unspecified atom stereocenters. The number of halogens is 3. The number of anilines is 1. The number of aromatic nitrogens is 2. The van der Waals surface area contributed by atoms with Crippen LogP contribution < -0.4 is 5.32 Å². The number of aliphatic hydroxyl groups is 1. The summed E-state index contributed by atoms with van der Waals surface area (Å²) in [5.41, 5.74) is 0.392. The molecule has 1 aromatic heterocycles. The molecule has 0 saturated carbocycles. The van der Waals surface area contributed by atoms with Crippen molar-refractivity contribution < 1.29 is 23.4 Å². The van der Waals surface area contributed by atoms with Crippen molar-refractivity contribution in [2.45, 2.75) is 37.6 Å². The third-order valence-corrected chi connectivity index (χ3v) is 6.13. The first-order chi connectivity index (χ1) is 15.0. The highest BCUT2D eigenvalue weighted by molar-refractivity contribution is 5.91. The molecule has 9 heteroatoms. The first kappa shape index (κ1) is 22.3. The molecule has 6 nitrogen and oxygen atoms in total. The zero-order chi connectivity index (χ0) is 23.1. The Morgan fingerprint density at radius 2 is 1.84 bits per heavy atom. The van der Waals surface area contributed by atoms with Gasteiger partial charge in [0, 0.05) is 24.5 Å². The van der Waals surface area contributed by atoms with E-state index in [0.29, 0.717) is 35.5 Å². The Balaban J connectivity index is 1.67. The molecule has 3 aromatic rings. The van der Waals surface area contributed by atoms with E-state index in [9.17, 15) is 23.4 Å². The molecule has 1 atom stereocenters. The van der Waals surface area contributed by atoms with Gasteiger partial charge in [0.25, 0.3) is 0 Å². The van der Waals surface area contributed by atoms with E-state index in [1.807, 2.05) is 19.2 Å². The number of hydrogen-bond donors (Lipinski definition) is 3. The summed E-state index contributed by atoms with van der Waals surface area (Å²) in [6, 6.07) is 7.98. The number of phenols is 1. The zero-order valence-electron chi connectivity index (χ0n) is 17.8. The fourth-order valence-electron chi connectivity index (χ4n) is 4.10. The monoisotopic (exact) mass is 446 g/mol. The summed E-state index contributed by atoms with van der Waals surface area (Å²) in [4.78, 5) is 2.17. The highest BCUT2D eigenvalue weighted by Gasteiger charge is 2.34. The van der Waals surface area contributed by atoms with Crippen LogP contribution in [0.3, 0.4) is 0 Å². The number of phenolic OH excluding ortho intramolecular Hbond substituents is 1. The molecule has 0 radical (unpaired) electrons. The molecule has 1 saturated heterocycles. The van der Waals surface area contributed by atoms with Crippen LogP contribution in [0.25, 0.3) is 10.9 Å². The van der Waals surface area contributed by atoms with Crippen molar-refractivity contribution in [3.63, 3.8) is 0 Å². The van der Waals surface area contributed by atoms with Gasteiger partial charge in [-0.2, -0.15) is 23.4 Å². The molecule has 0 bridgehead atoms. The minimum Gasteiger partial charge on any atom is -0.508 e. The number of fused-ring (bicyclic) bond motifs is 1. The summed E-state index contributed by atoms with van der Waals surface area (Å²) in [6.45, 7) is 3.27. The fraction of sp³-hybridized carbons (Fsp3) is 0.391. The zero-order valence-corrected chi connectivity index (χ0v) is 17.8. The number of benzene rings is 2. The van der Waals surface area contributed by atoms with Gasteiger partial charge in [-0.25, -0.2) is 0 Å². The van der Waals surface area contributed by atoms with E-state index in [4.69, 9.17) is 0 Å². The van der Waals surface area contributed by atoms with Crippen molar-refractivity contribution in [3.05, 3.63) is 59.3 Å². The van der Waals surface area contributed by atoms with Crippen LogP contribution >= 0.6 is 0 Å². The maximum atomic E-state index is 13.2. The second-order valence-corrected chi connectivity index (χ2v) is 8.50. The molecule has 1 aliphatic heterocycles. The van der Waals surface area contributed by atoms with Gasteiger partial charge in [0.15, 0.2) is 0 Å². The number of nitrogens with zero attached hydrogens (tertiary/aromatic N) is 3. The SMILES string of the molecule is C[C@@H](Nc1cnnc2ccc(C3(O)CCN(C)CC3)cc12)c1cc(O)cc(C(F)(F)F)c1. The first-order valence-electron chi connectivity index (χ1n) is 10.4. The molecule has 2 heterocycles. The number of nitrogens with one attached hydrogen (secondary N) is 1. The second kappa shape index (κ2) is 8.22. The molecule has 3 N–H and O–H groups in total. The van der Waals surface area contributed by atoms with Crippen molar-refractivity contribution >= 4 is 16.6 Å². The quantitative estimate of drug-likeness (QED) is 0.550. The molecule has 0 aliphatic carbocycles. The Hall–Kier alpha value is -2.91. The van der Waals surface area contributed by atoms with Crippen LogP contribution in [0.2, 0.25) is 0 Å². The molecule has 4 rings (SSSR count). The smallest absolute Gasteiger partial charge is 0.416 e. The molecule has 2 aromatic carbocycles. The summed E-state index contributed by atoms with van der Waals surface area (Å²) in [5, 5.41) is 33.0. The normalized spacial score (nSPS) is 17.9. The van der Waals surface area contributed by atoms with E-state index in [1.54, 1.807) is 13.0 Å². The number of hydrogen-bond acceptors (Lipinski definition) is 6. The molecule has 32 heavy (non-hydrogen) atoms. The maximum absolute atomic E-state index is 13.2. The molecular weight excluding hydrogens is 421 g/mol. The Morgan fingerprint density at radius 3 is 2.53 bits per heavy atom. The largest absolute Gasteiger partial charge is 0.508 e. The van der Waals surface area contributed by atoms with Crippen molar-refractivity contribution in [3.8, 4) is 5.75 Å². The Morgan fingerprint density at radius 1 is 1.12 bits per heavy atom. The van der Waals surface area contributed by atoms with Gasteiger partial charge in [0.1, 0.15) is 5.75 Å². The number of likely N-dealkylation sites (tertiary alicyclic amines) is 1. The lowest BCUT2D eigenvalue weighted by molar-refractivity contribution is -0.137. The number of aromatic hydroxyl groups is 1. The number of alkyl halides is 3. The van der Waals surface area contributed by atoms with Gasteiger partial charge in [-0.3, -0.25) is 0 Å². The average Bonchev–Trinajstić information content (AvgIpc) is 2.75. The van der Waals surface area contributed by atoms with Gasteiger partial charge >= 0.3 is 6.18 Å². The van der Waals surface area contributed by atoms with Crippen LogP contribution in [-0.4, -0.2) is 45.4 Å². The van der Waals surface area contributed by atoms with Gasteiger partial charge in [0.05, 0.1) is 28.6 Å². The third kappa shape index (κ3) is 4.49. The van der Waals surface area contributed by atoms with Crippen LogP contribution in [-0.2, 0) is 11.8 Å². The molecule has 0 spiro atoms. The summed E-state index contributed by atoms with van der Waals surface area (Å²) in [5.74, 6) is -0.451. The van der Waals surface area contributed by atoms with Gasteiger partial charge in [-0.15, -0.1) is 0 Å². The lowest BCUT2D eigenvalue weighted by Crippen LogP contribution is -2.40. The second-order valence-electron chi connectivity index (χ2n) is 8.50. The molecule has 0 amide bonds. The van der Waals surface area contributed by atoms with Gasteiger partial charge < -0.3 is 20.4 Å². The third-order valence-electron chi connectivity index (χ3n) is 6.13. The van der Waals surface area contributed by atoms with Gasteiger partial charge in [0.2, 0.25) is 0 Å². The topological polar surface area (TPSA) is 81.5 Å². The van der Waals surface area contributed by atoms with E-state index in [2.05, 4.69) is 20.4 Å². The highest BCUT2D eigenvalue weighted by Crippen LogP contribution is 2.37. The Kier molecular flexibility index (Phi) is 5.72. The molecular formula is C23H25F3N4O2. The fourth-order valence-corrected chi connectivity index (χ4v) is 4.10. The lowest BCUT2D eigenvalue weighted by atomic mass is 9.84. The van der Waals surface area contributed by atoms with Crippen molar-refractivity contribution in [1.82, 2.24) is 15.1 Å². The first-order valence-corrected chi connectivity index (χ1v) is 10.4. The minimum absolute atomic E-state index is 0.285. The van der Waals surface area contributed by atoms with Crippen molar-refractivity contribution in [2.75, 3.05) is 25.5 Å². The summed E-state index contributed by atoms with van der Waals surface area (Å²) in [6.07, 6.45) is -1.84. The van der Waals surface area contributed by atoms with E-state index < -0.39 is 29.1 Å². The average molecular weight is 446 g/mol. The standard InChI is InChI=1S/C23H25F3N4O2/c1-14(15-9-17(23(24,25)26)11-18(31)10-15)28-21-13-27-29-20-4-3-16(12-19(20)21)22(32)5-7-30(2)8-6-22/h3-4,9-14,31-32H,5-8H2,1-2H3,(H,28,29)/t14-/m1/s1. The van der Waals surface area contributed by atoms with Crippen LogP contribution in [0, 0.1) is 0 Å². The maximum Gasteiger partial charge on any atom is 0.416 e. The number of rotatable bonds is 4. The predicted octanol–water partition coefficient (Wildman–Crippen LogP) is 4.44. The predicted molar refractivity (Wildman–Crippen MR) is 115 cm³/mol. The van der Waals surface area contributed by atoms with Crippen LogP contribution in [0.15, 0.2) is 42.6 Å². The molecule has 1 fully saturated rings. The summed E-state index contributed by atoms with van der Waals surface area (Å²) >= 11 is 0. The van der Waals surface area contributed by atoms with Crippen LogP contribution in [0.4, 0.5) is 18.9 Å². The van der Waals surface area contributed by atoms with E-state index in [1.165, 1.54) is 12.3 Å². The molecule has 170 valence electrons. The Bertz CT molecular complexity index is 1130.